The van der Waals surface area contributed by atoms with Gasteiger partial charge in [-0.15, -0.1) is 0 Å². The van der Waals surface area contributed by atoms with E-state index in [-0.39, 0.29) is 22.4 Å². The highest BCUT2D eigenvalue weighted by molar-refractivity contribution is 5.66. The van der Waals surface area contributed by atoms with Crippen LogP contribution in [0, 0.1) is 0 Å². The molecular weight excluding hydrogens is 392 g/mol. The maximum atomic E-state index is 11.2. The second-order valence-electron chi connectivity index (χ2n) is 7.79. The van der Waals surface area contributed by atoms with Crippen molar-refractivity contribution in [3.63, 3.8) is 0 Å². The molecular formula is C19H26N6O5. The fourth-order valence-corrected chi connectivity index (χ4v) is 4.84. The summed E-state index contributed by atoms with van der Waals surface area (Å²) in [5.74, 6) is -2.80. The normalized spacial score (nSPS) is 32.8. The van der Waals surface area contributed by atoms with Crippen LogP contribution >= 0.6 is 0 Å². The summed E-state index contributed by atoms with van der Waals surface area (Å²) >= 11 is 0. The maximum absolute atomic E-state index is 11.2. The Balaban J connectivity index is 2.07. The second kappa shape index (κ2) is 5.88. The van der Waals surface area contributed by atoms with Crippen LogP contribution in [0.2, 0.25) is 0 Å². The molecule has 1 unspecified atom stereocenters. The van der Waals surface area contributed by atoms with Crippen LogP contribution in [0.15, 0.2) is 36.4 Å². The second-order valence-corrected chi connectivity index (χ2v) is 7.79. The molecule has 162 valence electrons. The Morgan fingerprint density at radius 1 is 0.967 bits per heavy atom. The number of ether oxygens (including phenoxy) is 2. The van der Waals surface area contributed by atoms with Gasteiger partial charge in [0.1, 0.15) is 22.8 Å². The monoisotopic (exact) mass is 418 g/mol. The molecule has 2 aromatic rings. The van der Waals surface area contributed by atoms with Gasteiger partial charge in [-0.3, -0.25) is 11.1 Å². The summed E-state index contributed by atoms with van der Waals surface area (Å²) in [6.07, 6.45) is 0. The Hall–Kier alpha value is -2.32. The summed E-state index contributed by atoms with van der Waals surface area (Å²) in [5, 5.41) is 36.2. The van der Waals surface area contributed by atoms with E-state index in [0.717, 1.165) is 0 Å². The number of nitrogens with one attached hydrogen (secondary N) is 1. The smallest absolute Gasteiger partial charge is 0.249 e. The van der Waals surface area contributed by atoms with Crippen LogP contribution in [0.1, 0.15) is 16.7 Å². The number of methoxy groups -OCH3 is 1. The van der Waals surface area contributed by atoms with E-state index in [0.29, 0.717) is 11.4 Å². The van der Waals surface area contributed by atoms with Crippen LogP contribution in [0.25, 0.3) is 0 Å². The van der Waals surface area contributed by atoms with E-state index < -0.39 is 28.4 Å². The van der Waals surface area contributed by atoms with Crippen LogP contribution in [-0.4, -0.2) is 40.9 Å². The van der Waals surface area contributed by atoms with E-state index in [9.17, 15) is 15.3 Å². The number of hydrogen-bond donors (Lipinski definition) is 9. The number of rotatable bonds is 4. The van der Waals surface area contributed by atoms with E-state index in [2.05, 4.69) is 5.32 Å². The Morgan fingerprint density at radius 2 is 1.63 bits per heavy atom. The van der Waals surface area contributed by atoms with E-state index >= 15 is 0 Å². The van der Waals surface area contributed by atoms with Crippen molar-refractivity contribution in [3.05, 3.63) is 53.1 Å². The van der Waals surface area contributed by atoms with Gasteiger partial charge in [0.2, 0.25) is 11.5 Å². The first-order chi connectivity index (χ1) is 13.8. The fourth-order valence-electron chi connectivity index (χ4n) is 4.84. The van der Waals surface area contributed by atoms with Gasteiger partial charge in [0, 0.05) is 24.4 Å². The first-order valence-corrected chi connectivity index (χ1v) is 9.12. The van der Waals surface area contributed by atoms with E-state index in [1.807, 2.05) is 0 Å². The molecule has 2 aliphatic rings. The van der Waals surface area contributed by atoms with Crippen LogP contribution < -0.4 is 38.7 Å². The average Bonchev–Trinajstić information content (AvgIpc) is 2.92. The number of benzene rings is 2. The Labute approximate surface area is 172 Å². The average molecular weight is 418 g/mol. The van der Waals surface area contributed by atoms with Gasteiger partial charge in [-0.05, 0) is 30.8 Å². The van der Waals surface area contributed by atoms with Gasteiger partial charge in [0.05, 0.1) is 5.56 Å². The van der Waals surface area contributed by atoms with E-state index in [1.54, 1.807) is 24.3 Å². The molecule has 11 heteroatoms. The summed E-state index contributed by atoms with van der Waals surface area (Å²) in [6.45, 7) is 0. The lowest BCUT2D eigenvalue weighted by Crippen LogP contribution is -2.84. The highest BCUT2D eigenvalue weighted by Crippen LogP contribution is 2.66. The van der Waals surface area contributed by atoms with Crippen molar-refractivity contribution in [2.24, 2.45) is 22.9 Å². The standard InChI is InChI=1S/C19H26N6O5/c1-25-18(24)15(29-2)13-11(16(18,21)22)6-7-12(14(13)17(23,26)19(15,27)28)30-10-5-3-4-9(20)8-10/h3-8,25-28H,20-24H2,1-2H3/t15-,17+,18?/m1/s1. The molecule has 3 atom stereocenters. The van der Waals surface area contributed by atoms with Crippen molar-refractivity contribution in [1.29, 1.82) is 0 Å². The molecule has 0 bridgehead atoms. The van der Waals surface area contributed by atoms with Gasteiger partial charge in [0.25, 0.3) is 0 Å². The molecule has 0 aromatic heterocycles. The molecule has 0 fully saturated rings. The third kappa shape index (κ3) is 1.99. The zero-order chi connectivity index (χ0) is 22.3. The van der Waals surface area contributed by atoms with E-state index in [1.165, 1.54) is 26.3 Å². The number of hydrogen-bond acceptors (Lipinski definition) is 11. The highest BCUT2D eigenvalue weighted by Gasteiger charge is 2.84. The molecule has 0 radical (unpaired) electrons. The minimum Gasteiger partial charge on any atom is -0.457 e. The summed E-state index contributed by atoms with van der Waals surface area (Å²) in [4.78, 5) is 0. The Kier molecular flexibility index (Phi) is 4.11. The minimum atomic E-state index is -3.15. The topological polar surface area (TPSA) is 221 Å². The molecule has 2 aliphatic carbocycles. The van der Waals surface area contributed by atoms with Crippen molar-refractivity contribution in [1.82, 2.24) is 5.32 Å². The first kappa shape index (κ1) is 20.9. The quantitative estimate of drug-likeness (QED) is 0.189. The zero-order valence-corrected chi connectivity index (χ0v) is 16.5. The Morgan fingerprint density at radius 3 is 2.20 bits per heavy atom. The predicted molar refractivity (Wildman–Crippen MR) is 107 cm³/mol. The molecule has 30 heavy (non-hydrogen) atoms. The molecule has 0 amide bonds. The summed E-state index contributed by atoms with van der Waals surface area (Å²) in [5.41, 5.74) is 22.8. The van der Waals surface area contributed by atoms with Crippen molar-refractivity contribution in [3.8, 4) is 11.5 Å². The molecule has 14 N–H and O–H groups in total. The van der Waals surface area contributed by atoms with Gasteiger partial charge >= 0.3 is 0 Å². The van der Waals surface area contributed by atoms with Crippen LogP contribution in [-0.2, 0) is 21.7 Å². The molecule has 0 spiro atoms. The molecule has 0 saturated carbocycles. The van der Waals surface area contributed by atoms with Crippen molar-refractivity contribution in [2.45, 2.75) is 28.4 Å². The molecule has 0 saturated heterocycles. The molecule has 0 heterocycles. The van der Waals surface area contributed by atoms with Crippen molar-refractivity contribution < 1.29 is 24.8 Å². The third-order valence-electron chi connectivity index (χ3n) is 6.36. The lowest BCUT2D eigenvalue weighted by molar-refractivity contribution is -0.371. The number of likely N-dealkylation sites (N-methyl/N-ethyl adjacent to an activating group) is 1. The molecule has 11 nitrogen and oxygen atoms in total. The number of nitrogens with two attached hydrogens (primary N) is 5. The molecule has 4 rings (SSSR count). The number of nitrogen functional groups attached to an aromatic ring is 1. The number of aliphatic hydroxyl groups is 3. The first-order valence-electron chi connectivity index (χ1n) is 9.12. The lowest BCUT2D eigenvalue weighted by atomic mass is 9.78. The molecule has 2 aromatic carbocycles. The zero-order valence-electron chi connectivity index (χ0n) is 16.5. The van der Waals surface area contributed by atoms with Gasteiger partial charge in [0.15, 0.2) is 5.60 Å². The third-order valence-corrected chi connectivity index (χ3v) is 6.36. The summed E-state index contributed by atoms with van der Waals surface area (Å²) < 4.78 is 11.5. The van der Waals surface area contributed by atoms with Gasteiger partial charge in [-0.25, -0.2) is 0 Å². The van der Waals surface area contributed by atoms with Gasteiger partial charge in [-0.2, -0.15) is 0 Å². The summed E-state index contributed by atoms with van der Waals surface area (Å²) in [6, 6.07) is 9.49. The van der Waals surface area contributed by atoms with Crippen molar-refractivity contribution >= 4 is 5.69 Å². The summed E-state index contributed by atoms with van der Waals surface area (Å²) in [7, 11) is 2.61. The Bertz CT molecular complexity index is 1040. The minimum absolute atomic E-state index is 0.0203. The molecule has 0 aliphatic heterocycles. The van der Waals surface area contributed by atoms with Gasteiger partial charge in [-0.1, -0.05) is 12.1 Å². The highest BCUT2D eigenvalue weighted by atomic mass is 16.6. The van der Waals surface area contributed by atoms with Crippen LogP contribution in [0.3, 0.4) is 0 Å². The number of anilines is 1. The van der Waals surface area contributed by atoms with Crippen molar-refractivity contribution in [2.75, 3.05) is 19.9 Å². The van der Waals surface area contributed by atoms with Crippen LogP contribution in [0.5, 0.6) is 11.5 Å². The lowest BCUT2D eigenvalue weighted by Gasteiger charge is -2.52. The fraction of sp³-hybridized carbons (Fsp3) is 0.368. The largest absolute Gasteiger partial charge is 0.457 e. The SMILES string of the molecule is CNC1(N)C(N)(N)c2ccc(Oc3cccc(N)c3)c3c2[C@]1(OC)C(O)(O)[C@@]3(N)O. The van der Waals surface area contributed by atoms with Gasteiger partial charge < -0.3 is 47.7 Å². The predicted octanol–water partition coefficient (Wildman–Crippen LogP) is -2.34. The van der Waals surface area contributed by atoms with E-state index in [4.69, 9.17) is 38.1 Å². The maximum Gasteiger partial charge on any atom is 0.249 e. The van der Waals surface area contributed by atoms with Crippen LogP contribution in [0.4, 0.5) is 5.69 Å².